The van der Waals surface area contributed by atoms with Crippen molar-refractivity contribution in [3.05, 3.63) is 45.6 Å². The number of hydrogen-bond acceptors (Lipinski definition) is 8. The number of carbonyl (C=O) groups is 1. The van der Waals surface area contributed by atoms with Gasteiger partial charge >= 0.3 is 5.97 Å². The predicted molar refractivity (Wildman–Crippen MR) is 103 cm³/mol. The van der Waals surface area contributed by atoms with Gasteiger partial charge in [0.05, 0.1) is 17.7 Å². The maximum atomic E-state index is 14.9. The molecule has 10 heteroatoms. The van der Waals surface area contributed by atoms with Crippen molar-refractivity contribution in [3.8, 4) is 5.88 Å². The minimum absolute atomic E-state index is 0.0608. The summed E-state index contributed by atoms with van der Waals surface area (Å²) in [6.07, 6.45) is 2.00. The summed E-state index contributed by atoms with van der Waals surface area (Å²) < 4.78 is 26.5. The van der Waals surface area contributed by atoms with E-state index in [2.05, 4.69) is 10.1 Å². The third-order valence-corrected chi connectivity index (χ3v) is 4.79. The van der Waals surface area contributed by atoms with Gasteiger partial charge in [-0.1, -0.05) is 5.16 Å². The van der Waals surface area contributed by atoms with Gasteiger partial charge in [0.25, 0.3) is 0 Å². The fourth-order valence-electron chi connectivity index (χ4n) is 3.40. The molecule has 152 valence electrons. The summed E-state index contributed by atoms with van der Waals surface area (Å²) in [5.41, 5.74) is 5.77. The van der Waals surface area contributed by atoms with Gasteiger partial charge in [0, 0.05) is 31.4 Å². The summed E-state index contributed by atoms with van der Waals surface area (Å²) in [7, 11) is 0. The van der Waals surface area contributed by atoms with Crippen molar-refractivity contribution in [1.29, 1.82) is 0 Å². The van der Waals surface area contributed by atoms with Crippen molar-refractivity contribution < 1.29 is 18.4 Å². The average molecular weight is 401 g/mol. The first-order valence-electron chi connectivity index (χ1n) is 9.26. The van der Waals surface area contributed by atoms with Crippen LogP contribution in [-0.2, 0) is 4.74 Å². The van der Waals surface area contributed by atoms with Gasteiger partial charge in [0.1, 0.15) is 5.56 Å². The van der Waals surface area contributed by atoms with E-state index in [0.29, 0.717) is 18.8 Å². The average Bonchev–Trinajstić information content (AvgIpc) is 3.30. The van der Waals surface area contributed by atoms with E-state index in [0.717, 1.165) is 12.5 Å². The largest absolute Gasteiger partial charge is 0.462 e. The van der Waals surface area contributed by atoms with E-state index < -0.39 is 17.2 Å². The monoisotopic (exact) mass is 401 g/mol. The lowest BCUT2D eigenvalue weighted by atomic mass is 10.2. The Balaban J connectivity index is 1.98. The van der Waals surface area contributed by atoms with E-state index in [9.17, 15) is 14.0 Å². The van der Waals surface area contributed by atoms with E-state index in [4.69, 9.17) is 15.0 Å². The van der Waals surface area contributed by atoms with Crippen molar-refractivity contribution in [3.63, 3.8) is 0 Å². The molecule has 1 atom stereocenters. The molecule has 2 N–H and O–H groups in total. The molecule has 0 amide bonds. The Kier molecular flexibility index (Phi) is 4.79. The third-order valence-electron chi connectivity index (χ3n) is 4.79. The molecule has 1 saturated heterocycles. The highest BCUT2D eigenvalue weighted by Crippen LogP contribution is 2.26. The van der Waals surface area contributed by atoms with Crippen LogP contribution < -0.4 is 16.1 Å². The minimum atomic E-state index is -0.806. The smallest absolute Gasteiger partial charge is 0.343 e. The SMILES string of the molecule is CCOC(=O)c1cn(-c2cc(C)no2)c2nc(N3CCC(N)C3)c(F)cc2c1=O. The lowest BCUT2D eigenvalue weighted by Gasteiger charge is -2.19. The summed E-state index contributed by atoms with van der Waals surface area (Å²) >= 11 is 0. The highest BCUT2D eigenvalue weighted by atomic mass is 19.1. The number of anilines is 1. The number of aromatic nitrogens is 3. The zero-order chi connectivity index (χ0) is 20.7. The fraction of sp³-hybridized carbons (Fsp3) is 0.368. The Labute approximate surface area is 164 Å². The van der Waals surface area contributed by atoms with Gasteiger partial charge in [0.15, 0.2) is 17.3 Å². The first-order valence-corrected chi connectivity index (χ1v) is 9.26. The number of hydrogen-bond donors (Lipinski definition) is 1. The van der Waals surface area contributed by atoms with Gasteiger partial charge in [-0.3, -0.25) is 9.36 Å². The van der Waals surface area contributed by atoms with Crippen LogP contribution in [0.3, 0.4) is 0 Å². The Bertz CT molecular complexity index is 1160. The molecule has 0 bridgehead atoms. The summed E-state index contributed by atoms with van der Waals surface area (Å²) in [5.74, 6) is -1.13. The van der Waals surface area contributed by atoms with Gasteiger partial charge in [-0.15, -0.1) is 0 Å². The third kappa shape index (κ3) is 3.35. The highest BCUT2D eigenvalue weighted by molar-refractivity contribution is 5.93. The summed E-state index contributed by atoms with van der Waals surface area (Å²) in [6, 6.07) is 2.64. The van der Waals surface area contributed by atoms with Gasteiger partial charge in [-0.25, -0.2) is 14.2 Å². The van der Waals surface area contributed by atoms with Crippen LogP contribution in [0.2, 0.25) is 0 Å². The summed E-state index contributed by atoms with van der Waals surface area (Å²) in [5, 5.41) is 3.78. The normalized spacial score (nSPS) is 16.6. The van der Waals surface area contributed by atoms with E-state index >= 15 is 0 Å². The van der Waals surface area contributed by atoms with Crippen LogP contribution in [-0.4, -0.2) is 46.4 Å². The molecule has 1 aliphatic heterocycles. The number of aryl methyl sites for hydroxylation is 1. The lowest BCUT2D eigenvalue weighted by molar-refractivity contribution is 0.0524. The fourth-order valence-corrected chi connectivity index (χ4v) is 3.40. The molecule has 3 aromatic heterocycles. The van der Waals surface area contributed by atoms with E-state index in [1.54, 1.807) is 24.8 Å². The van der Waals surface area contributed by atoms with Gasteiger partial charge in [-0.05, 0) is 26.3 Å². The Morgan fingerprint density at radius 2 is 2.24 bits per heavy atom. The van der Waals surface area contributed by atoms with Gasteiger partial charge in [-0.2, -0.15) is 0 Å². The lowest BCUT2D eigenvalue weighted by Crippen LogP contribution is -2.28. The molecular formula is C19H20FN5O4. The summed E-state index contributed by atoms with van der Waals surface area (Å²) in [6.45, 7) is 4.48. The number of esters is 1. The Morgan fingerprint density at radius 3 is 2.86 bits per heavy atom. The number of carbonyl (C=O) groups excluding carboxylic acids is 1. The molecule has 9 nitrogen and oxygen atoms in total. The van der Waals surface area contributed by atoms with Crippen LogP contribution >= 0.6 is 0 Å². The van der Waals surface area contributed by atoms with Crippen LogP contribution in [0.15, 0.2) is 27.6 Å². The zero-order valence-electron chi connectivity index (χ0n) is 16.0. The number of nitrogens with two attached hydrogens (primary N) is 1. The van der Waals surface area contributed by atoms with Crippen molar-refractivity contribution in [2.24, 2.45) is 5.73 Å². The first-order chi connectivity index (χ1) is 13.9. The van der Waals surface area contributed by atoms with Crippen molar-refractivity contribution in [2.75, 3.05) is 24.6 Å². The molecule has 1 unspecified atom stereocenters. The number of rotatable bonds is 4. The quantitative estimate of drug-likeness (QED) is 0.655. The number of ether oxygens (including phenoxy) is 1. The maximum absolute atomic E-state index is 14.9. The molecule has 0 spiro atoms. The van der Waals surface area contributed by atoms with E-state index in [1.807, 2.05) is 0 Å². The number of fused-ring (bicyclic) bond motifs is 1. The summed E-state index contributed by atoms with van der Waals surface area (Å²) in [4.78, 5) is 31.3. The highest BCUT2D eigenvalue weighted by Gasteiger charge is 2.26. The topological polar surface area (TPSA) is 116 Å². The van der Waals surface area contributed by atoms with Crippen molar-refractivity contribution in [1.82, 2.24) is 14.7 Å². The Morgan fingerprint density at radius 1 is 1.45 bits per heavy atom. The molecule has 0 aliphatic carbocycles. The van der Waals surface area contributed by atoms with Crippen molar-refractivity contribution >= 4 is 22.8 Å². The van der Waals surface area contributed by atoms with Gasteiger partial charge in [0.2, 0.25) is 11.3 Å². The number of pyridine rings is 2. The second-order valence-corrected chi connectivity index (χ2v) is 6.93. The predicted octanol–water partition coefficient (Wildman–Crippen LogP) is 1.54. The molecule has 4 heterocycles. The second kappa shape index (κ2) is 7.28. The molecule has 29 heavy (non-hydrogen) atoms. The molecule has 0 aromatic carbocycles. The Hall–Kier alpha value is -3.27. The van der Waals surface area contributed by atoms with Crippen LogP contribution in [0.25, 0.3) is 16.9 Å². The second-order valence-electron chi connectivity index (χ2n) is 6.93. The maximum Gasteiger partial charge on any atom is 0.343 e. The molecule has 3 aromatic rings. The standard InChI is InChI=1S/C19H20FN5O4/c1-3-28-19(27)13-9-25(15-6-10(2)23-29-15)17-12(16(13)26)7-14(20)18(22-17)24-5-4-11(21)8-24/h6-7,9,11H,3-5,8,21H2,1-2H3. The number of nitrogens with zero attached hydrogens (tertiary/aromatic N) is 4. The van der Waals surface area contributed by atoms with Crippen LogP contribution in [0, 0.1) is 12.7 Å². The molecule has 0 radical (unpaired) electrons. The van der Waals surface area contributed by atoms with Gasteiger partial charge < -0.3 is 19.9 Å². The molecular weight excluding hydrogens is 381 g/mol. The van der Waals surface area contributed by atoms with E-state index in [1.165, 1.54) is 10.8 Å². The van der Waals surface area contributed by atoms with Crippen LogP contribution in [0.5, 0.6) is 0 Å². The zero-order valence-corrected chi connectivity index (χ0v) is 16.0. The molecule has 4 rings (SSSR count). The number of halogens is 1. The van der Waals surface area contributed by atoms with E-state index in [-0.39, 0.29) is 40.9 Å². The molecule has 1 fully saturated rings. The van der Waals surface area contributed by atoms with Crippen LogP contribution in [0.1, 0.15) is 29.4 Å². The molecule has 1 aliphatic rings. The first kappa shape index (κ1) is 19.1. The minimum Gasteiger partial charge on any atom is -0.462 e. The van der Waals surface area contributed by atoms with Crippen molar-refractivity contribution in [2.45, 2.75) is 26.3 Å². The van der Waals surface area contributed by atoms with Crippen LogP contribution in [0.4, 0.5) is 10.2 Å². The molecule has 0 saturated carbocycles.